The van der Waals surface area contributed by atoms with Crippen LogP contribution in [-0.2, 0) is 20.6 Å². The van der Waals surface area contributed by atoms with Gasteiger partial charge in [-0.25, -0.2) is 12.7 Å². The molecule has 0 bridgehead atoms. The molecule has 0 aromatic heterocycles. The van der Waals surface area contributed by atoms with Crippen LogP contribution in [0.2, 0.25) is 10.0 Å². The molecule has 1 aliphatic rings. The molecule has 116 valence electrons. The summed E-state index contributed by atoms with van der Waals surface area (Å²) >= 11 is 12.0. The molecular weight excluding hydrogens is 335 g/mol. The molecular formula is C13H16Cl2N2O3S. The zero-order chi connectivity index (χ0) is 15.6. The summed E-state index contributed by atoms with van der Waals surface area (Å²) in [5.74, 6) is -0.867. The first-order valence-corrected chi connectivity index (χ1v) is 8.88. The monoisotopic (exact) mass is 350 g/mol. The van der Waals surface area contributed by atoms with Gasteiger partial charge in [-0.15, -0.1) is 0 Å². The van der Waals surface area contributed by atoms with Gasteiger partial charge in [0.2, 0.25) is 15.9 Å². The maximum atomic E-state index is 12.4. The minimum atomic E-state index is -3.52. The van der Waals surface area contributed by atoms with Gasteiger partial charge in [0.25, 0.3) is 0 Å². The summed E-state index contributed by atoms with van der Waals surface area (Å²) in [4.78, 5) is 11.1. The van der Waals surface area contributed by atoms with Crippen molar-refractivity contribution in [1.29, 1.82) is 0 Å². The van der Waals surface area contributed by atoms with Crippen molar-refractivity contribution in [2.24, 2.45) is 11.7 Å². The summed E-state index contributed by atoms with van der Waals surface area (Å²) in [7, 11) is -3.52. The van der Waals surface area contributed by atoms with E-state index < -0.39 is 10.0 Å². The lowest BCUT2D eigenvalue weighted by Gasteiger charge is -2.29. The summed E-state index contributed by atoms with van der Waals surface area (Å²) in [6.45, 7) is 0.579. The van der Waals surface area contributed by atoms with E-state index in [9.17, 15) is 13.2 Å². The summed E-state index contributed by atoms with van der Waals surface area (Å²) in [5.41, 5.74) is 5.64. The zero-order valence-electron chi connectivity index (χ0n) is 11.3. The van der Waals surface area contributed by atoms with Gasteiger partial charge in [0.05, 0.1) is 5.75 Å². The quantitative estimate of drug-likeness (QED) is 0.901. The number of amides is 1. The van der Waals surface area contributed by atoms with E-state index in [2.05, 4.69) is 0 Å². The van der Waals surface area contributed by atoms with E-state index in [0.717, 1.165) is 0 Å². The van der Waals surface area contributed by atoms with Crippen LogP contribution in [0.4, 0.5) is 0 Å². The predicted octanol–water partition coefficient (Wildman–Crippen LogP) is 2.02. The largest absolute Gasteiger partial charge is 0.369 e. The number of carbonyl (C=O) groups excluding carboxylic acids is 1. The maximum absolute atomic E-state index is 12.4. The summed E-state index contributed by atoms with van der Waals surface area (Å²) in [6, 6.07) is 4.88. The number of sulfonamides is 1. The molecule has 0 atom stereocenters. The third kappa shape index (κ3) is 3.88. The van der Waals surface area contributed by atoms with E-state index in [4.69, 9.17) is 28.9 Å². The highest BCUT2D eigenvalue weighted by molar-refractivity contribution is 7.88. The lowest BCUT2D eigenvalue weighted by molar-refractivity contribution is -0.122. The molecule has 2 N–H and O–H groups in total. The predicted molar refractivity (Wildman–Crippen MR) is 82.6 cm³/mol. The highest BCUT2D eigenvalue weighted by Crippen LogP contribution is 2.28. The van der Waals surface area contributed by atoms with Crippen molar-refractivity contribution in [1.82, 2.24) is 4.31 Å². The second-order valence-corrected chi connectivity index (χ2v) is 7.82. The van der Waals surface area contributed by atoms with Crippen molar-refractivity contribution >= 4 is 39.1 Å². The number of piperidine rings is 1. The Labute approximate surface area is 134 Å². The molecule has 1 aliphatic heterocycles. The summed E-state index contributed by atoms with van der Waals surface area (Å²) in [6.07, 6.45) is 0.898. The van der Waals surface area contributed by atoms with Gasteiger partial charge in [-0.2, -0.15) is 0 Å². The fourth-order valence-electron chi connectivity index (χ4n) is 2.36. The van der Waals surface area contributed by atoms with E-state index in [1.807, 2.05) is 0 Å². The van der Waals surface area contributed by atoms with E-state index >= 15 is 0 Å². The van der Waals surface area contributed by atoms with Crippen LogP contribution in [0, 0.1) is 5.92 Å². The van der Waals surface area contributed by atoms with Gasteiger partial charge in [-0.1, -0.05) is 29.3 Å². The fraction of sp³-hybridized carbons (Fsp3) is 0.462. The van der Waals surface area contributed by atoms with Crippen molar-refractivity contribution in [2.75, 3.05) is 13.1 Å². The van der Waals surface area contributed by atoms with E-state index in [1.165, 1.54) is 4.31 Å². The van der Waals surface area contributed by atoms with Gasteiger partial charge in [0.1, 0.15) is 0 Å². The number of hydrogen-bond acceptors (Lipinski definition) is 3. The lowest BCUT2D eigenvalue weighted by Crippen LogP contribution is -2.42. The Morgan fingerprint density at radius 1 is 1.24 bits per heavy atom. The molecule has 1 heterocycles. The second-order valence-electron chi connectivity index (χ2n) is 5.03. The Morgan fingerprint density at radius 2 is 1.76 bits per heavy atom. The van der Waals surface area contributed by atoms with Crippen LogP contribution < -0.4 is 5.73 Å². The van der Waals surface area contributed by atoms with Crippen LogP contribution in [0.3, 0.4) is 0 Å². The van der Waals surface area contributed by atoms with Crippen LogP contribution >= 0.6 is 23.2 Å². The first-order chi connectivity index (χ1) is 9.81. The normalized spacial score (nSPS) is 17.8. The average Bonchev–Trinajstić information content (AvgIpc) is 2.43. The minimum Gasteiger partial charge on any atom is -0.369 e. The van der Waals surface area contributed by atoms with Crippen LogP contribution in [0.5, 0.6) is 0 Å². The summed E-state index contributed by atoms with van der Waals surface area (Å²) < 4.78 is 26.2. The molecule has 1 aromatic rings. The number of halogens is 2. The Balaban J connectivity index is 2.11. The number of hydrogen-bond donors (Lipinski definition) is 1. The van der Waals surface area contributed by atoms with Gasteiger partial charge in [0.15, 0.2) is 0 Å². The highest BCUT2D eigenvalue weighted by atomic mass is 35.5. The Kier molecular flexibility index (Phi) is 5.14. The van der Waals surface area contributed by atoms with Gasteiger partial charge in [0, 0.05) is 34.6 Å². The molecule has 0 unspecified atom stereocenters. The molecule has 0 spiro atoms. The van der Waals surface area contributed by atoms with Crippen LogP contribution in [0.15, 0.2) is 18.2 Å². The molecule has 1 amide bonds. The molecule has 2 rings (SSSR count). The van der Waals surface area contributed by atoms with E-state index in [-0.39, 0.29) is 30.7 Å². The number of nitrogens with two attached hydrogens (primary N) is 1. The minimum absolute atomic E-state index is 0.243. The number of benzene rings is 1. The number of nitrogens with zero attached hydrogens (tertiary/aromatic N) is 1. The molecule has 5 nitrogen and oxygen atoms in total. The smallest absolute Gasteiger partial charge is 0.220 e. The van der Waals surface area contributed by atoms with Crippen molar-refractivity contribution < 1.29 is 13.2 Å². The standard InChI is InChI=1S/C13H16Cl2N2O3S/c14-11-2-1-3-12(15)10(11)8-21(19,20)17-6-4-9(5-7-17)13(16)18/h1-3,9H,4-8H2,(H2,16,18). The SMILES string of the molecule is NC(=O)C1CCN(S(=O)(=O)Cc2c(Cl)cccc2Cl)CC1. The third-order valence-electron chi connectivity index (χ3n) is 3.64. The average molecular weight is 351 g/mol. The highest BCUT2D eigenvalue weighted by Gasteiger charge is 2.31. The maximum Gasteiger partial charge on any atom is 0.220 e. The Morgan fingerprint density at radius 3 is 2.24 bits per heavy atom. The molecule has 1 aromatic carbocycles. The summed E-state index contributed by atoms with van der Waals surface area (Å²) in [5, 5.41) is 0.663. The van der Waals surface area contributed by atoms with Crippen molar-refractivity contribution in [3.05, 3.63) is 33.8 Å². The van der Waals surface area contributed by atoms with Crippen LogP contribution in [-0.4, -0.2) is 31.7 Å². The Bertz CT molecular complexity index is 621. The topological polar surface area (TPSA) is 80.5 Å². The fourth-order valence-corrected chi connectivity index (χ4v) is 4.68. The van der Waals surface area contributed by atoms with Gasteiger partial charge in [-0.3, -0.25) is 4.79 Å². The lowest BCUT2D eigenvalue weighted by atomic mass is 9.98. The molecule has 0 radical (unpaired) electrons. The molecule has 1 fully saturated rings. The second kappa shape index (κ2) is 6.52. The van der Waals surface area contributed by atoms with E-state index in [0.29, 0.717) is 28.5 Å². The Hall–Kier alpha value is -0.820. The van der Waals surface area contributed by atoms with Crippen LogP contribution in [0.1, 0.15) is 18.4 Å². The van der Waals surface area contributed by atoms with Crippen molar-refractivity contribution in [2.45, 2.75) is 18.6 Å². The molecule has 0 saturated carbocycles. The number of primary amides is 1. The van der Waals surface area contributed by atoms with Crippen molar-refractivity contribution in [3.8, 4) is 0 Å². The first kappa shape index (κ1) is 16.5. The van der Waals surface area contributed by atoms with Crippen molar-refractivity contribution in [3.63, 3.8) is 0 Å². The molecule has 0 aliphatic carbocycles. The van der Waals surface area contributed by atoms with Crippen LogP contribution in [0.25, 0.3) is 0 Å². The van der Waals surface area contributed by atoms with E-state index in [1.54, 1.807) is 18.2 Å². The number of rotatable bonds is 4. The molecule has 1 saturated heterocycles. The van der Waals surface area contributed by atoms with Gasteiger partial charge < -0.3 is 5.73 Å². The molecule has 21 heavy (non-hydrogen) atoms. The van der Waals surface area contributed by atoms with Gasteiger partial charge in [-0.05, 0) is 25.0 Å². The first-order valence-electron chi connectivity index (χ1n) is 6.51. The molecule has 8 heteroatoms. The third-order valence-corrected chi connectivity index (χ3v) is 6.15. The number of carbonyl (C=O) groups is 1. The zero-order valence-corrected chi connectivity index (χ0v) is 13.6. The van der Waals surface area contributed by atoms with Gasteiger partial charge >= 0.3 is 0 Å².